The van der Waals surface area contributed by atoms with Crippen LogP contribution in [-0.2, 0) is 27.6 Å². The highest BCUT2D eigenvalue weighted by molar-refractivity contribution is 7.91. The van der Waals surface area contributed by atoms with E-state index >= 15 is 0 Å². The zero-order chi connectivity index (χ0) is 23.6. The molecule has 1 amide bonds. The van der Waals surface area contributed by atoms with Crippen molar-refractivity contribution >= 4 is 54.0 Å². The number of aryl methyl sites for hydroxylation is 1. The van der Waals surface area contributed by atoms with Crippen molar-refractivity contribution < 1.29 is 13.2 Å². The second-order valence-corrected chi connectivity index (χ2v) is 11.4. The number of carbonyl (C=O) groups excluding carboxylic acids is 1. The molecule has 0 atom stereocenters. The third-order valence-corrected chi connectivity index (χ3v) is 8.67. The Labute approximate surface area is 202 Å². The van der Waals surface area contributed by atoms with Crippen molar-refractivity contribution in [3.8, 4) is 0 Å². The maximum atomic E-state index is 13.4. The summed E-state index contributed by atoms with van der Waals surface area (Å²) in [5, 5.41) is 1.25. The van der Waals surface area contributed by atoms with Crippen molar-refractivity contribution in [2.75, 3.05) is 10.7 Å². The zero-order valence-corrected chi connectivity index (χ0v) is 20.7. The van der Waals surface area contributed by atoms with E-state index in [9.17, 15) is 13.2 Å². The zero-order valence-electron chi connectivity index (χ0n) is 18.3. The smallest absolute Gasteiger partial charge is 0.233 e. The van der Waals surface area contributed by atoms with E-state index in [1.165, 1.54) is 11.3 Å². The number of hydrogen-bond donors (Lipinski definition) is 0. The summed E-state index contributed by atoms with van der Waals surface area (Å²) in [6.07, 6.45) is 0.134. The van der Waals surface area contributed by atoms with Gasteiger partial charge in [-0.3, -0.25) is 9.69 Å². The van der Waals surface area contributed by atoms with Crippen LogP contribution in [0.2, 0.25) is 5.02 Å². The van der Waals surface area contributed by atoms with Crippen LogP contribution in [0.15, 0.2) is 71.6 Å². The molecule has 0 spiro atoms. The highest BCUT2D eigenvalue weighted by Gasteiger charge is 2.22. The van der Waals surface area contributed by atoms with Crippen LogP contribution in [0.4, 0.5) is 5.13 Å². The number of halogens is 1. The molecular formula is C25H23ClN2O3S2. The Hall–Kier alpha value is -2.74. The molecule has 0 aliphatic heterocycles. The molecule has 0 radical (unpaired) electrons. The lowest BCUT2D eigenvalue weighted by atomic mass is 10.1. The number of fused-ring (bicyclic) bond motifs is 1. The van der Waals surface area contributed by atoms with Gasteiger partial charge in [-0.05, 0) is 47.9 Å². The number of hydrogen-bond acceptors (Lipinski definition) is 5. The van der Waals surface area contributed by atoms with E-state index in [0.717, 1.165) is 26.9 Å². The topological polar surface area (TPSA) is 67.3 Å². The minimum atomic E-state index is -3.28. The SMILES string of the molecule is CCS(=O)(=O)c1ccc(CC(=O)N(Cc2ccccc2)c2nc3c(C)c(Cl)ccc3s2)cc1. The Kier molecular flexibility index (Phi) is 6.83. The van der Waals surface area contributed by atoms with Crippen LogP contribution >= 0.6 is 22.9 Å². The summed E-state index contributed by atoms with van der Waals surface area (Å²) in [7, 11) is -3.28. The largest absolute Gasteiger partial charge is 0.283 e. The summed E-state index contributed by atoms with van der Waals surface area (Å²) in [6.45, 7) is 3.92. The second-order valence-electron chi connectivity index (χ2n) is 7.71. The van der Waals surface area contributed by atoms with E-state index in [1.54, 1.807) is 36.1 Å². The van der Waals surface area contributed by atoms with Crippen molar-refractivity contribution in [2.45, 2.75) is 31.7 Å². The third-order valence-electron chi connectivity index (χ3n) is 5.47. The Balaban J connectivity index is 1.66. The number of thiazole rings is 1. The first-order chi connectivity index (χ1) is 15.8. The number of aromatic nitrogens is 1. The van der Waals surface area contributed by atoms with Crippen molar-refractivity contribution in [1.29, 1.82) is 0 Å². The summed E-state index contributed by atoms with van der Waals surface area (Å²) in [5.41, 5.74) is 3.41. The summed E-state index contributed by atoms with van der Waals surface area (Å²) in [6, 6.07) is 20.0. The Morgan fingerprint density at radius 3 is 2.36 bits per heavy atom. The first kappa shape index (κ1) is 23.4. The molecule has 0 bridgehead atoms. The first-order valence-electron chi connectivity index (χ1n) is 10.5. The molecule has 4 rings (SSSR count). The molecule has 4 aromatic rings. The first-order valence-corrected chi connectivity index (χ1v) is 13.3. The fourth-order valence-corrected chi connectivity index (χ4v) is 5.56. The fourth-order valence-electron chi connectivity index (χ4n) is 3.48. The molecule has 3 aromatic carbocycles. The van der Waals surface area contributed by atoms with Gasteiger partial charge >= 0.3 is 0 Å². The summed E-state index contributed by atoms with van der Waals surface area (Å²) >= 11 is 7.72. The van der Waals surface area contributed by atoms with Gasteiger partial charge in [0.1, 0.15) is 0 Å². The van der Waals surface area contributed by atoms with Crippen LogP contribution in [-0.4, -0.2) is 25.1 Å². The molecule has 0 saturated heterocycles. The van der Waals surface area contributed by atoms with E-state index in [0.29, 0.717) is 16.7 Å². The van der Waals surface area contributed by atoms with Gasteiger partial charge < -0.3 is 0 Å². The summed E-state index contributed by atoms with van der Waals surface area (Å²) in [4.78, 5) is 20.1. The molecule has 0 N–H and O–H groups in total. The predicted molar refractivity (Wildman–Crippen MR) is 135 cm³/mol. The lowest BCUT2D eigenvalue weighted by Crippen LogP contribution is -2.31. The molecule has 0 unspecified atom stereocenters. The van der Waals surface area contributed by atoms with Crippen LogP contribution in [0.5, 0.6) is 0 Å². The van der Waals surface area contributed by atoms with E-state index in [-0.39, 0.29) is 23.0 Å². The number of nitrogens with zero attached hydrogens (tertiary/aromatic N) is 2. The Bertz CT molecular complexity index is 1400. The van der Waals surface area contributed by atoms with Crippen molar-refractivity contribution in [3.63, 3.8) is 0 Å². The minimum Gasteiger partial charge on any atom is -0.283 e. The van der Waals surface area contributed by atoms with Crippen LogP contribution < -0.4 is 4.90 Å². The summed E-state index contributed by atoms with van der Waals surface area (Å²) in [5.74, 6) is -0.0790. The number of anilines is 1. The number of benzene rings is 3. The molecule has 5 nitrogen and oxygen atoms in total. The highest BCUT2D eigenvalue weighted by Crippen LogP contribution is 2.34. The molecule has 1 aromatic heterocycles. The third kappa shape index (κ3) is 5.11. The molecule has 0 aliphatic carbocycles. The van der Waals surface area contributed by atoms with E-state index in [2.05, 4.69) is 0 Å². The van der Waals surface area contributed by atoms with E-state index in [4.69, 9.17) is 16.6 Å². The van der Waals surface area contributed by atoms with Gasteiger partial charge in [0.05, 0.1) is 33.8 Å². The van der Waals surface area contributed by atoms with Gasteiger partial charge in [0.2, 0.25) is 5.91 Å². The van der Waals surface area contributed by atoms with Crippen molar-refractivity contribution in [2.24, 2.45) is 0 Å². The Morgan fingerprint density at radius 2 is 1.70 bits per heavy atom. The fraction of sp³-hybridized carbons (Fsp3) is 0.200. The average molecular weight is 499 g/mol. The van der Waals surface area contributed by atoms with Crippen LogP contribution in [0.25, 0.3) is 10.2 Å². The van der Waals surface area contributed by atoms with Crippen molar-refractivity contribution in [3.05, 3.63) is 88.4 Å². The highest BCUT2D eigenvalue weighted by atomic mass is 35.5. The lowest BCUT2D eigenvalue weighted by molar-refractivity contribution is -0.118. The number of rotatable bonds is 7. The van der Waals surface area contributed by atoms with Gasteiger partial charge in [-0.25, -0.2) is 13.4 Å². The minimum absolute atomic E-state index is 0.0389. The van der Waals surface area contributed by atoms with Crippen LogP contribution in [0.1, 0.15) is 23.6 Å². The molecule has 0 aliphatic rings. The number of amides is 1. The van der Waals surface area contributed by atoms with Gasteiger partial charge in [0, 0.05) is 5.02 Å². The van der Waals surface area contributed by atoms with Gasteiger partial charge in [-0.1, -0.05) is 72.3 Å². The monoisotopic (exact) mass is 498 g/mol. The van der Waals surface area contributed by atoms with Gasteiger partial charge in [0.25, 0.3) is 0 Å². The molecule has 0 fully saturated rings. The second kappa shape index (κ2) is 9.63. The average Bonchev–Trinajstić information content (AvgIpc) is 3.25. The Morgan fingerprint density at radius 1 is 1.00 bits per heavy atom. The van der Waals surface area contributed by atoms with Crippen LogP contribution in [0.3, 0.4) is 0 Å². The van der Waals surface area contributed by atoms with E-state index in [1.807, 2.05) is 49.4 Å². The van der Waals surface area contributed by atoms with E-state index < -0.39 is 9.84 Å². The van der Waals surface area contributed by atoms with Gasteiger partial charge in [0.15, 0.2) is 15.0 Å². The molecule has 170 valence electrons. The molecule has 0 saturated carbocycles. The predicted octanol–water partition coefficient (Wildman–Crippen LogP) is 5.83. The standard InChI is InChI=1S/C25H23ClN2O3S2/c1-3-33(30,31)20-11-9-18(10-12-20)15-23(29)28(16-19-7-5-4-6-8-19)25-27-24-17(2)21(26)13-14-22(24)32-25/h4-14H,3,15-16H2,1-2H3. The summed E-state index contributed by atoms with van der Waals surface area (Å²) < 4.78 is 25.1. The maximum absolute atomic E-state index is 13.4. The quantitative estimate of drug-likeness (QED) is 0.321. The van der Waals surface area contributed by atoms with Gasteiger partial charge in [-0.15, -0.1) is 0 Å². The number of sulfone groups is 1. The van der Waals surface area contributed by atoms with Crippen LogP contribution in [0, 0.1) is 6.92 Å². The molecule has 8 heteroatoms. The number of carbonyl (C=O) groups is 1. The molecule has 1 heterocycles. The molecular weight excluding hydrogens is 476 g/mol. The normalized spacial score (nSPS) is 11.6. The van der Waals surface area contributed by atoms with Crippen molar-refractivity contribution in [1.82, 2.24) is 4.98 Å². The van der Waals surface area contributed by atoms with Gasteiger partial charge in [-0.2, -0.15) is 0 Å². The maximum Gasteiger partial charge on any atom is 0.233 e. The lowest BCUT2D eigenvalue weighted by Gasteiger charge is -2.20. The molecule has 33 heavy (non-hydrogen) atoms.